The summed E-state index contributed by atoms with van der Waals surface area (Å²) in [6, 6.07) is 18.3. The van der Waals surface area contributed by atoms with Crippen LogP contribution >= 0.6 is 0 Å². The van der Waals surface area contributed by atoms with Gasteiger partial charge in [0, 0.05) is 17.6 Å². The smallest absolute Gasteiger partial charge is 0.319 e. The van der Waals surface area contributed by atoms with Crippen molar-refractivity contribution < 1.29 is 4.79 Å². The standard InChI is InChI=1S/C21H26N2O/c1-20(2,3)17-11-7-8-12-18(17)23-19(24)22-15-21(13-14-21)16-9-5-4-6-10-16/h4-12H,13-15H2,1-3H3,(H2,22,23,24). The van der Waals surface area contributed by atoms with Crippen molar-refractivity contribution >= 4 is 11.7 Å². The van der Waals surface area contributed by atoms with Crippen LogP contribution in [-0.2, 0) is 10.8 Å². The van der Waals surface area contributed by atoms with Gasteiger partial charge >= 0.3 is 6.03 Å². The lowest BCUT2D eigenvalue weighted by Crippen LogP contribution is -2.36. The van der Waals surface area contributed by atoms with Crippen molar-refractivity contribution in [2.45, 2.75) is 44.4 Å². The largest absolute Gasteiger partial charge is 0.337 e. The Labute approximate surface area is 144 Å². The molecular weight excluding hydrogens is 296 g/mol. The summed E-state index contributed by atoms with van der Waals surface area (Å²) in [5.41, 5.74) is 3.46. The molecule has 0 bridgehead atoms. The lowest BCUT2D eigenvalue weighted by atomic mass is 9.86. The first kappa shape index (κ1) is 16.6. The summed E-state index contributed by atoms with van der Waals surface area (Å²) in [5.74, 6) is 0. The van der Waals surface area contributed by atoms with Gasteiger partial charge in [0.25, 0.3) is 0 Å². The second-order valence-corrected chi connectivity index (χ2v) is 7.75. The fourth-order valence-corrected chi connectivity index (χ4v) is 3.17. The van der Waals surface area contributed by atoms with Gasteiger partial charge in [-0.3, -0.25) is 0 Å². The van der Waals surface area contributed by atoms with Crippen LogP contribution in [0.3, 0.4) is 0 Å². The second-order valence-electron chi connectivity index (χ2n) is 7.75. The Bertz CT molecular complexity index is 712. The summed E-state index contributed by atoms with van der Waals surface area (Å²) in [4.78, 5) is 12.4. The van der Waals surface area contributed by atoms with Crippen molar-refractivity contribution in [1.82, 2.24) is 5.32 Å². The molecule has 0 heterocycles. The van der Waals surface area contributed by atoms with Gasteiger partial charge in [0.15, 0.2) is 0 Å². The monoisotopic (exact) mass is 322 g/mol. The van der Waals surface area contributed by atoms with Crippen LogP contribution in [0.25, 0.3) is 0 Å². The average Bonchev–Trinajstić information content (AvgIpc) is 3.35. The van der Waals surface area contributed by atoms with Gasteiger partial charge in [-0.05, 0) is 35.4 Å². The summed E-state index contributed by atoms with van der Waals surface area (Å²) >= 11 is 0. The van der Waals surface area contributed by atoms with Crippen LogP contribution in [0.4, 0.5) is 10.5 Å². The number of nitrogens with one attached hydrogen (secondary N) is 2. The number of rotatable bonds is 4. The third-order valence-corrected chi connectivity index (χ3v) is 4.81. The topological polar surface area (TPSA) is 41.1 Å². The van der Waals surface area contributed by atoms with E-state index in [9.17, 15) is 4.79 Å². The number of anilines is 1. The molecule has 1 fully saturated rings. The van der Waals surface area contributed by atoms with E-state index >= 15 is 0 Å². The van der Waals surface area contributed by atoms with E-state index in [1.165, 1.54) is 5.56 Å². The quantitative estimate of drug-likeness (QED) is 0.831. The van der Waals surface area contributed by atoms with Crippen molar-refractivity contribution in [3.05, 3.63) is 65.7 Å². The third kappa shape index (κ3) is 3.61. The van der Waals surface area contributed by atoms with Crippen molar-refractivity contribution in [3.8, 4) is 0 Å². The van der Waals surface area contributed by atoms with Crippen LogP contribution < -0.4 is 10.6 Å². The van der Waals surface area contributed by atoms with Crippen LogP contribution in [0, 0.1) is 0 Å². The molecule has 2 amide bonds. The highest BCUT2D eigenvalue weighted by atomic mass is 16.2. The molecule has 3 heteroatoms. The Morgan fingerprint density at radius 2 is 1.62 bits per heavy atom. The van der Waals surface area contributed by atoms with E-state index in [1.54, 1.807) is 0 Å². The molecule has 2 aromatic rings. The summed E-state index contributed by atoms with van der Waals surface area (Å²) in [5, 5.41) is 6.08. The number of carbonyl (C=O) groups is 1. The van der Waals surface area contributed by atoms with Gasteiger partial charge < -0.3 is 10.6 Å². The predicted octanol–water partition coefficient (Wildman–Crippen LogP) is 4.84. The van der Waals surface area contributed by atoms with Crippen molar-refractivity contribution in [1.29, 1.82) is 0 Å². The van der Waals surface area contributed by atoms with E-state index in [1.807, 2.05) is 24.3 Å². The van der Waals surface area contributed by atoms with Gasteiger partial charge in [-0.1, -0.05) is 69.3 Å². The molecule has 1 aliphatic rings. The van der Waals surface area contributed by atoms with Crippen LogP contribution in [0.5, 0.6) is 0 Å². The molecule has 2 aromatic carbocycles. The predicted molar refractivity (Wildman–Crippen MR) is 99.5 cm³/mol. The van der Waals surface area contributed by atoms with Crippen LogP contribution in [0.15, 0.2) is 54.6 Å². The molecule has 3 nitrogen and oxygen atoms in total. The zero-order valence-electron chi connectivity index (χ0n) is 14.7. The average molecular weight is 322 g/mol. The number of urea groups is 1. The highest BCUT2D eigenvalue weighted by molar-refractivity contribution is 5.90. The Balaban J connectivity index is 1.64. The number of hydrogen-bond donors (Lipinski definition) is 2. The fourth-order valence-electron chi connectivity index (χ4n) is 3.17. The maximum atomic E-state index is 12.4. The van der Waals surface area contributed by atoms with E-state index in [2.05, 4.69) is 61.7 Å². The van der Waals surface area contributed by atoms with Gasteiger partial charge in [-0.2, -0.15) is 0 Å². The third-order valence-electron chi connectivity index (χ3n) is 4.81. The zero-order valence-corrected chi connectivity index (χ0v) is 14.7. The summed E-state index contributed by atoms with van der Waals surface area (Å²) in [6.45, 7) is 7.14. The van der Waals surface area contributed by atoms with E-state index in [4.69, 9.17) is 0 Å². The van der Waals surface area contributed by atoms with Crippen molar-refractivity contribution in [3.63, 3.8) is 0 Å². The molecule has 24 heavy (non-hydrogen) atoms. The van der Waals surface area contributed by atoms with Gasteiger partial charge in [0.05, 0.1) is 0 Å². The number of amides is 2. The van der Waals surface area contributed by atoms with Crippen LogP contribution in [-0.4, -0.2) is 12.6 Å². The van der Waals surface area contributed by atoms with Crippen LogP contribution in [0.2, 0.25) is 0 Å². The summed E-state index contributed by atoms with van der Waals surface area (Å²) in [6.07, 6.45) is 2.27. The molecule has 0 unspecified atom stereocenters. The van der Waals surface area contributed by atoms with E-state index in [0.717, 1.165) is 24.1 Å². The van der Waals surface area contributed by atoms with Crippen LogP contribution in [0.1, 0.15) is 44.7 Å². The lowest BCUT2D eigenvalue weighted by Gasteiger charge is -2.23. The molecule has 0 atom stereocenters. The van der Waals surface area contributed by atoms with E-state index in [0.29, 0.717) is 6.54 Å². The van der Waals surface area contributed by atoms with Gasteiger partial charge in [0.2, 0.25) is 0 Å². The van der Waals surface area contributed by atoms with Crippen molar-refractivity contribution in [2.75, 3.05) is 11.9 Å². The number of carbonyl (C=O) groups excluding carboxylic acids is 1. The Hall–Kier alpha value is -2.29. The molecule has 0 saturated heterocycles. The Kier molecular flexibility index (Phi) is 4.35. The first-order valence-corrected chi connectivity index (χ1v) is 8.61. The molecule has 0 aliphatic heterocycles. The molecule has 1 saturated carbocycles. The lowest BCUT2D eigenvalue weighted by molar-refractivity contribution is 0.251. The second kappa shape index (κ2) is 6.31. The summed E-state index contributed by atoms with van der Waals surface area (Å²) in [7, 11) is 0. The molecule has 126 valence electrons. The minimum Gasteiger partial charge on any atom is -0.337 e. The molecule has 2 N–H and O–H groups in total. The Morgan fingerprint density at radius 1 is 1.00 bits per heavy atom. The molecule has 1 aliphatic carbocycles. The zero-order chi connectivity index (χ0) is 17.2. The van der Waals surface area contributed by atoms with Gasteiger partial charge in [-0.15, -0.1) is 0 Å². The number of hydrogen-bond acceptors (Lipinski definition) is 1. The molecule has 3 rings (SSSR count). The van der Waals surface area contributed by atoms with E-state index < -0.39 is 0 Å². The number of benzene rings is 2. The highest BCUT2D eigenvalue weighted by Crippen LogP contribution is 2.47. The minimum absolute atomic E-state index is 0.00831. The SMILES string of the molecule is CC(C)(C)c1ccccc1NC(=O)NCC1(c2ccccc2)CC1. The molecule has 0 spiro atoms. The minimum atomic E-state index is -0.131. The van der Waals surface area contributed by atoms with Gasteiger partial charge in [0.1, 0.15) is 0 Å². The maximum Gasteiger partial charge on any atom is 0.319 e. The van der Waals surface area contributed by atoms with Gasteiger partial charge in [-0.25, -0.2) is 4.79 Å². The fraction of sp³-hybridized carbons (Fsp3) is 0.381. The summed E-state index contributed by atoms with van der Waals surface area (Å²) < 4.78 is 0. The first-order valence-electron chi connectivity index (χ1n) is 8.61. The highest BCUT2D eigenvalue weighted by Gasteiger charge is 2.44. The molecule has 0 radical (unpaired) electrons. The Morgan fingerprint density at radius 3 is 2.25 bits per heavy atom. The maximum absolute atomic E-state index is 12.4. The molecular formula is C21H26N2O. The number of para-hydroxylation sites is 1. The first-order chi connectivity index (χ1) is 11.4. The van der Waals surface area contributed by atoms with Crippen molar-refractivity contribution in [2.24, 2.45) is 0 Å². The normalized spacial score (nSPS) is 15.6. The molecule has 0 aromatic heterocycles. The van der Waals surface area contributed by atoms with E-state index in [-0.39, 0.29) is 16.9 Å².